The predicted molar refractivity (Wildman–Crippen MR) is 102 cm³/mol. The Labute approximate surface area is 154 Å². The van der Waals surface area contributed by atoms with Crippen LogP contribution in [0.5, 0.6) is 0 Å². The molecule has 0 bridgehead atoms. The molecule has 1 aromatic heterocycles. The molecule has 1 aromatic rings. The number of aliphatic imine (C=N–C) groups is 1. The normalized spacial score (nSPS) is 29.7. The van der Waals surface area contributed by atoms with E-state index in [2.05, 4.69) is 27.9 Å². The lowest BCUT2D eigenvalue weighted by Gasteiger charge is -2.63. The minimum atomic E-state index is 0.371. The molecule has 1 saturated heterocycles. The molecule has 3 atom stereocenters. The first kappa shape index (κ1) is 17.1. The van der Waals surface area contributed by atoms with Crippen LogP contribution in [0, 0.1) is 11.3 Å². The molecule has 1 spiro atoms. The molecule has 2 aliphatic carbocycles. The lowest BCUT2D eigenvalue weighted by molar-refractivity contribution is -0.171. The summed E-state index contributed by atoms with van der Waals surface area (Å²) in [7, 11) is 4.04. The van der Waals surface area contributed by atoms with Gasteiger partial charge < -0.3 is 20.3 Å². The van der Waals surface area contributed by atoms with Gasteiger partial charge in [0.05, 0.1) is 18.3 Å². The molecular formula is C18H29N5OS. The Morgan fingerprint density at radius 1 is 1.48 bits per heavy atom. The summed E-state index contributed by atoms with van der Waals surface area (Å²) in [6.07, 6.45) is 5.60. The third-order valence-electron chi connectivity index (χ3n) is 5.99. The monoisotopic (exact) mass is 363 g/mol. The van der Waals surface area contributed by atoms with Crippen molar-refractivity contribution in [2.24, 2.45) is 16.3 Å². The van der Waals surface area contributed by atoms with Gasteiger partial charge in [0.15, 0.2) is 11.1 Å². The van der Waals surface area contributed by atoms with Gasteiger partial charge in [0, 0.05) is 50.0 Å². The number of hydrogen-bond acceptors (Lipinski definition) is 5. The van der Waals surface area contributed by atoms with Gasteiger partial charge in [-0.15, -0.1) is 11.3 Å². The molecular weight excluding hydrogens is 334 g/mol. The molecule has 0 aromatic carbocycles. The summed E-state index contributed by atoms with van der Waals surface area (Å²) in [5.41, 5.74) is 1.40. The first-order valence-electron chi connectivity index (χ1n) is 9.42. The van der Waals surface area contributed by atoms with E-state index >= 15 is 0 Å². The highest BCUT2D eigenvalue weighted by atomic mass is 32.1. The van der Waals surface area contributed by atoms with Crippen LogP contribution >= 0.6 is 11.3 Å². The number of ether oxygens (including phenoxy) is 1. The van der Waals surface area contributed by atoms with Gasteiger partial charge in [-0.1, -0.05) is 6.42 Å². The van der Waals surface area contributed by atoms with Crippen LogP contribution in [0.15, 0.2) is 10.4 Å². The molecule has 3 fully saturated rings. The van der Waals surface area contributed by atoms with Crippen molar-refractivity contribution in [3.8, 4) is 0 Å². The van der Waals surface area contributed by atoms with E-state index in [1.807, 2.05) is 19.0 Å². The molecule has 2 saturated carbocycles. The van der Waals surface area contributed by atoms with Gasteiger partial charge in [-0.3, -0.25) is 0 Å². The Bertz CT molecular complexity index is 639. The van der Waals surface area contributed by atoms with Crippen molar-refractivity contribution < 1.29 is 4.74 Å². The number of hydrogen-bond donors (Lipinski definition) is 2. The summed E-state index contributed by atoms with van der Waals surface area (Å²) >= 11 is 1.67. The van der Waals surface area contributed by atoms with Gasteiger partial charge in [-0.25, -0.2) is 9.98 Å². The summed E-state index contributed by atoms with van der Waals surface area (Å²) in [4.78, 5) is 11.5. The van der Waals surface area contributed by atoms with Crippen LogP contribution in [0.1, 0.15) is 38.3 Å². The SMILES string of the molecule is CCNC(=NCc1csc(N(C)C)n1)NC1C2CCOC2C12CCC2. The van der Waals surface area contributed by atoms with Crippen molar-refractivity contribution in [3.63, 3.8) is 0 Å². The van der Waals surface area contributed by atoms with E-state index in [0.29, 0.717) is 30.0 Å². The maximum absolute atomic E-state index is 6.02. The molecule has 1 aliphatic heterocycles. The Kier molecular flexibility index (Phi) is 4.62. The van der Waals surface area contributed by atoms with E-state index in [0.717, 1.165) is 29.9 Å². The molecule has 138 valence electrons. The maximum Gasteiger partial charge on any atom is 0.191 e. The molecule has 2 heterocycles. The number of thiazole rings is 1. The third kappa shape index (κ3) is 2.91. The zero-order valence-corrected chi connectivity index (χ0v) is 16.2. The fourth-order valence-electron chi connectivity index (χ4n) is 4.66. The Balaban J connectivity index is 1.43. The third-order valence-corrected chi connectivity index (χ3v) is 7.05. The van der Waals surface area contributed by atoms with Crippen LogP contribution in [0.3, 0.4) is 0 Å². The molecule has 6 nitrogen and oxygen atoms in total. The van der Waals surface area contributed by atoms with E-state index in [1.54, 1.807) is 11.3 Å². The maximum atomic E-state index is 6.02. The standard InChI is InChI=1S/C18H29N5OS/c1-4-19-16(20-10-12-11-25-17(21-12)23(2)3)22-14-13-6-9-24-15(13)18(14)7-5-8-18/h11,13-15H,4-10H2,1-3H3,(H2,19,20,22). The van der Waals surface area contributed by atoms with E-state index in [1.165, 1.54) is 25.7 Å². The minimum absolute atomic E-state index is 0.371. The lowest BCUT2D eigenvalue weighted by atomic mass is 9.46. The summed E-state index contributed by atoms with van der Waals surface area (Å²) in [6, 6.07) is 0.513. The molecule has 0 amide bonds. The Morgan fingerprint density at radius 3 is 2.96 bits per heavy atom. The fourth-order valence-corrected chi connectivity index (χ4v) is 5.41. The van der Waals surface area contributed by atoms with Gasteiger partial charge in [0.2, 0.25) is 0 Å². The van der Waals surface area contributed by atoms with Crippen molar-refractivity contribution in [2.45, 2.75) is 51.3 Å². The molecule has 7 heteroatoms. The van der Waals surface area contributed by atoms with Crippen molar-refractivity contribution in [1.82, 2.24) is 15.6 Å². The Morgan fingerprint density at radius 2 is 2.32 bits per heavy atom. The number of guanidine groups is 1. The predicted octanol–water partition coefficient (Wildman–Crippen LogP) is 2.22. The highest BCUT2D eigenvalue weighted by molar-refractivity contribution is 7.13. The summed E-state index contributed by atoms with van der Waals surface area (Å²) in [5.74, 6) is 1.58. The van der Waals surface area contributed by atoms with Crippen LogP contribution in [-0.2, 0) is 11.3 Å². The molecule has 4 rings (SSSR count). The summed E-state index contributed by atoms with van der Waals surface area (Å²) in [5, 5.41) is 10.3. The zero-order valence-electron chi connectivity index (χ0n) is 15.4. The number of aromatic nitrogens is 1. The van der Waals surface area contributed by atoms with Crippen molar-refractivity contribution >= 4 is 22.4 Å². The Hall–Kier alpha value is -1.34. The minimum Gasteiger partial charge on any atom is -0.377 e. The number of nitrogens with one attached hydrogen (secondary N) is 2. The molecule has 3 unspecified atom stereocenters. The number of anilines is 1. The molecule has 25 heavy (non-hydrogen) atoms. The number of rotatable bonds is 5. The second-order valence-corrected chi connectivity index (χ2v) is 8.50. The van der Waals surface area contributed by atoms with E-state index in [-0.39, 0.29) is 0 Å². The second kappa shape index (κ2) is 6.76. The van der Waals surface area contributed by atoms with E-state index in [4.69, 9.17) is 9.73 Å². The average molecular weight is 364 g/mol. The van der Waals surface area contributed by atoms with Gasteiger partial charge in [-0.05, 0) is 26.2 Å². The average Bonchev–Trinajstić information content (AvgIpc) is 3.16. The van der Waals surface area contributed by atoms with Gasteiger partial charge >= 0.3 is 0 Å². The zero-order chi connectivity index (χ0) is 17.4. The first-order chi connectivity index (χ1) is 12.1. The fraction of sp³-hybridized carbons (Fsp3) is 0.778. The topological polar surface area (TPSA) is 61.8 Å². The number of fused-ring (bicyclic) bond motifs is 2. The highest BCUT2D eigenvalue weighted by Crippen LogP contribution is 2.62. The van der Waals surface area contributed by atoms with Crippen molar-refractivity contribution in [3.05, 3.63) is 11.1 Å². The van der Waals surface area contributed by atoms with Crippen LogP contribution < -0.4 is 15.5 Å². The van der Waals surface area contributed by atoms with Gasteiger partial charge in [0.1, 0.15) is 0 Å². The number of nitrogens with zero attached hydrogens (tertiary/aromatic N) is 3. The van der Waals surface area contributed by atoms with E-state index < -0.39 is 0 Å². The first-order valence-corrected chi connectivity index (χ1v) is 10.3. The molecule has 3 aliphatic rings. The lowest BCUT2D eigenvalue weighted by Crippen LogP contribution is -2.72. The van der Waals surface area contributed by atoms with Crippen LogP contribution in [-0.4, -0.2) is 50.3 Å². The van der Waals surface area contributed by atoms with Gasteiger partial charge in [0.25, 0.3) is 0 Å². The van der Waals surface area contributed by atoms with Gasteiger partial charge in [-0.2, -0.15) is 0 Å². The largest absolute Gasteiger partial charge is 0.377 e. The summed E-state index contributed by atoms with van der Waals surface area (Å²) in [6.45, 7) is 4.53. The second-order valence-electron chi connectivity index (χ2n) is 7.66. The van der Waals surface area contributed by atoms with E-state index in [9.17, 15) is 0 Å². The van der Waals surface area contributed by atoms with Crippen LogP contribution in [0.2, 0.25) is 0 Å². The summed E-state index contributed by atoms with van der Waals surface area (Å²) < 4.78 is 6.02. The quantitative estimate of drug-likeness (QED) is 0.620. The van der Waals surface area contributed by atoms with Crippen LogP contribution in [0.4, 0.5) is 5.13 Å². The molecule has 2 N–H and O–H groups in total. The molecule has 0 radical (unpaired) electrons. The highest BCUT2D eigenvalue weighted by Gasteiger charge is 2.66. The van der Waals surface area contributed by atoms with Crippen molar-refractivity contribution in [2.75, 3.05) is 32.1 Å². The smallest absolute Gasteiger partial charge is 0.191 e. The van der Waals surface area contributed by atoms with Crippen molar-refractivity contribution in [1.29, 1.82) is 0 Å². The van der Waals surface area contributed by atoms with Crippen LogP contribution in [0.25, 0.3) is 0 Å².